The van der Waals surface area contributed by atoms with E-state index in [9.17, 15) is 0 Å². The number of benzene rings is 1. The molecule has 0 radical (unpaired) electrons. The third-order valence-corrected chi connectivity index (χ3v) is 4.12. The summed E-state index contributed by atoms with van der Waals surface area (Å²) in [6, 6.07) is 8.90. The molecule has 1 N–H and O–H groups in total. The third-order valence-electron chi connectivity index (χ3n) is 4.12. The molecule has 4 nitrogen and oxygen atoms in total. The molecule has 1 heterocycles. The first-order valence-electron chi connectivity index (χ1n) is 7.69. The highest BCUT2D eigenvalue weighted by Gasteiger charge is 2.37. The zero-order valence-electron chi connectivity index (χ0n) is 13.2. The van der Waals surface area contributed by atoms with Gasteiger partial charge in [-0.25, -0.2) is 0 Å². The average molecular weight is 293 g/mol. The van der Waals surface area contributed by atoms with Gasteiger partial charge in [0.15, 0.2) is 0 Å². The molecule has 1 aromatic rings. The van der Waals surface area contributed by atoms with Crippen LogP contribution in [0.25, 0.3) is 0 Å². The molecule has 4 heteroatoms. The Labute approximate surface area is 127 Å². The van der Waals surface area contributed by atoms with Crippen LogP contribution in [0, 0.1) is 6.92 Å². The fraction of sp³-hybridized carbons (Fsp3) is 0.647. The summed E-state index contributed by atoms with van der Waals surface area (Å²) in [5, 5.41) is 3.40. The Bertz CT molecular complexity index is 401. The van der Waals surface area contributed by atoms with Crippen LogP contribution < -0.4 is 5.32 Å². The van der Waals surface area contributed by atoms with Gasteiger partial charge in [0.2, 0.25) is 0 Å². The van der Waals surface area contributed by atoms with Gasteiger partial charge in [0.05, 0.1) is 26.4 Å². The van der Waals surface area contributed by atoms with Crippen LogP contribution in [0.1, 0.15) is 17.5 Å². The van der Waals surface area contributed by atoms with Gasteiger partial charge in [0.1, 0.15) is 0 Å². The van der Waals surface area contributed by atoms with Crippen molar-refractivity contribution in [2.45, 2.75) is 18.8 Å². The molecule has 0 aromatic heterocycles. The lowest BCUT2D eigenvalue weighted by Crippen LogP contribution is -2.57. The fourth-order valence-electron chi connectivity index (χ4n) is 2.59. The molecule has 1 aromatic carbocycles. The molecule has 1 aliphatic rings. The molecule has 0 bridgehead atoms. The normalized spacial score (nSPS) is 16.7. The molecular weight excluding hydrogens is 266 g/mol. The van der Waals surface area contributed by atoms with Gasteiger partial charge < -0.3 is 19.5 Å². The zero-order chi connectivity index (χ0) is 15.0. The largest absolute Gasteiger partial charge is 0.382 e. The number of methoxy groups -OCH3 is 1. The van der Waals surface area contributed by atoms with Crippen LogP contribution in [0.4, 0.5) is 0 Å². The molecule has 1 aliphatic heterocycles. The van der Waals surface area contributed by atoms with Crippen molar-refractivity contribution in [1.82, 2.24) is 5.32 Å². The minimum absolute atomic E-state index is 0.255. The van der Waals surface area contributed by atoms with Crippen molar-refractivity contribution in [1.29, 1.82) is 0 Å². The van der Waals surface area contributed by atoms with Gasteiger partial charge in [-0.3, -0.25) is 0 Å². The predicted molar refractivity (Wildman–Crippen MR) is 83.9 cm³/mol. The summed E-state index contributed by atoms with van der Waals surface area (Å²) in [5.41, 5.74) is 2.99. The summed E-state index contributed by atoms with van der Waals surface area (Å²) in [5.74, 6) is 0. The van der Waals surface area contributed by atoms with E-state index in [-0.39, 0.29) is 5.41 Å². The molecule has 118 valence electrons. The summed E-state index contributed by atoms with van der Waals surface area (Å²) in [6.07, 6.45) is 1.06. The first-order chi connectivity index (χ1) is 10.3. The number of aryl methyl sites for hydroxylation is 1. The van der Waals surface area contributed by atoms with Gasteiger partial charge in [-0.15, -0.1) is 0 Å². The van der Waals surface area contributed by atoms with Crippen molar-refractivity contribution in [3.8, 4) is 0 Å². The van der Waals surface area contributed by atoms with Gasteiger partial charge in [-0.2, -0.15) is 0 Å². The second kappa shape index (κ2) is 8.49. The van der Waals surface area contributed by atoms with Crippen molar-refractivity contribution in [3.63, 3.8) is 0 Å². The second-order valence-corrected chi connectivity index (χ2v) is 5.72. The van der Waals surface area contributed by atoms with E-state index in [0.717, 1.165) is 26.1 Å². The number of hydrogen-bond acceptors (Lipinski definition) is 4. The summed E-state index contributed by atoms with van der Waals surface area (Å²) >= 11 is 0. The van der Waals surface area contributed by atoms with E-state index in [1.807, 2.05) is 0 Å². The monoisotopic (exact) mass is 293 g/mol. The lowest BCUT2D eigenvalue weighted by Gasteiger charge is -2.43. The van der Waals surface area contributed by atoms with Crippen molar-refractivity contribution in [2.75, 3.05) is 53.2 Å². The number of ether oxygens (including phenoxy) is 3. The molecular formula is C17H27NO3. The predicted octanol–water partition coefficient (Wildman–Crippen LogP) is 1.91. The molecule has 1 saturated heterocycles. The smallest absolute Gasteiger partial charge is 0.0701 e. The van der Waals surface area contributed by atoms with Gasteiger partial charge >= 0.3 is 0 Å². The molecule has 0 aliphatic carbocycles. The number of hydrogen-bond donors (Lipinski definition) is 1. The Kier molecular flexibility index (Phi) is 6.64. The number of rotatable bonds is 10. The average Bonchev–Trinajstić information content (AvgIpc) is 2.45. The Hall–Kier alpha value is -0.940. The highest BCUT2D eigenvalue weighted by atomic mass is 16.5. The zero-order valence-corrected chi connectivity index (χ0v) is 13.2. The van der Waals surface area contributed by atoms with E-state index in [4.69, 9.17) is 14.2 Å². The van der Waals surface area contributed by atoms with E-state index >= 15 is 0 Å². The summed E-state index contributed by atoms with van der Waals surface area (Å²) in [6.45, 7) is 7.57. The molecule has 0 unspecified atom stereocenters. The van der Waals surface area contributed by atoms with E-state index in [2.05, 4.69) is 36.5 Å². The van der Waals surface area contributed by atoms with Crippen LogP contribution in [0.5, 0.6) is 0 Å². The van der Waals surface area contributed by atoms with E-state index in [0.29, 0.717) is 26.4 Å². The minimum Gasteiger partial charge on any atom is -0.382 e. The topological polar surface area (TPSA) is 39.7 Å². The summed E-state index contributed by atoms with van der Waals surface area (Å²) in [7, 11) is 1.68. The van der Waals surface area contributed by atoms with Gasteiger partial charge in [0, 0.05) is 32.2 Å². The van der Waals surface area contributed by atoms with E-state index in [1.165, 1.54) is 11.1 Å². The quantitative estimate of drug-likeness (QED) is 0.669. The molecule has 2 rings (SSSR count). The Balaban J connectivity index is 1.67. The molecule has 0 amide bonds. The maximum absolute atomic E-state index is 5.70. The van der Waals surface area contributed by atoms with Crippen LogP contribution >= 0.6 is 0 Å². The summed E-state index contributed by atoms with van der Waals surface area (Å²) in [4.78, 5) is 0. The molecule has 0 spiro atoms. The maximum Gasteiger partial charge on any atom is 0.0701 e. The minimum atomic E-state index is 0.255. The van der Waals surface area contributed by atoms with Crippen LogP contribution in [0.2, 0.25) is 0 Å². The van der Waals surface area contributed by atoms with Crippen molar-refractivity contribution < 1.29 is 14.2 Å². The molecule has 0 saturated carbocycles. The lowest BCUT2D eigenvalue weighted by molar-refractivity contribution is 0.0182. The lowest BCUT2D eigenvalue weighted by atomic mass is 9.73. The Morgan fingerprint density at radius 2 is 1.57 bits per heavy atom. The molecule has 1 fully saturated rings. The van der Waals surface area contributed by atoms with Crippen LogP contribution in [0.3, 0.4) is 0 Å². The van der Waals surface area contributed by atoms with Crippen LogP contribution in [-0.2, 0) is 19.6 Å². The standard InChI is InChI=1S/C17H27NO3/c1-15-3-5-16(6-4-15)17(13-18-14-17)7-8-20-11-12-21-10-9-19-2/h3-6,18H,7-14H2,1-2H3. The van der Waals surface area contributed by atoms with Gasteiger partial charge in [0.25, 0.3) is 0 Å². The Morgan fingerprint density at radius 3 is 2.14 bits per heavy atom. The van der Waals surface area contributed by atoms with E-state index in [1.54, 1.807) is 7.11 Å². The van der Waals surface area contributed by atoms with E-state index < -0.39 is 0 Å². The van der Waals surface area contributed by atoms with Crippen LogP contribution in [0.15, 0.2) is 24.3 Å². The Morgan fingerprint density at radius 1 is 0.952 bits per heavy atom. The molecule has 21 heavy (non-hydrogen) atoms. The van der Waals surface area contributed by atoms with Gasteiger partial charge in [-0.1, -0.05) is 29.8 Å². The second-order valence-electron chi connectivity index (χ2n) is 5.72. The first-order valence-corrected chi connectivity index (χ1v) is 7.69. The summed E-state index contributed by atoms with van der Waals surface area (Å²) < 4.78 is 16.0. The first kappa shape index (κ1) is 16.4. The highest BCUT2D eigenvalue weighted by Crippen LogP contribution is 2.32. The third kappa shape index (κ3) is 4.78. The van der Waals surface area contributed by atoms with Crippen molar-refractivity contribution in [3.05, 3.63) is 35.4 Å². The SMILES string of the molecule is COCCOCCOCCC1(c2ccc(C)cc2)CNC1. The van der Waals surface area contributed by atoms with Crippen LogP contribution in [-0.4, -0.2) is 53.2 Å². The van der Waals surface area contributed by atoms with Crippen molar-refractivity contribution in [2.24, 2.45) is 0 Å². The number of nitrogens with one attached hydrogen (secondary N) is 1. The van der Waals surface area contributed by atoms with Gasteiger partial charge in [-0.05, 0) is 18.9 Å². The molecule has 0 atom stereocenters. The highest BCUT2D eigenvalue weighted by molar-refractivity contribution is 5.32. The fourth-order valence-corrected chi connectivity index (χ4v) is 2.59. The van der Waals surface area contributed by atoms with Crippen molar-refractivity contribution >= 4 is 0 Å². The maximum atomic E-state index is 5.70.